The Morgan fingerprint density at radius 2 is 1.98 bits per heavy atom. The van der Waals surface area contributed by atoms with E-state index in [1.54, 1.807) is 31.3 Å². The van der Waals surface area contributed by atoms with E-state index in [2.05, 4.69) is 22.6 Å². The summed E-state index contributed by atoms with van der Waals surface area (Å²) in [5.41, 5.74) is 2.66. The molecule has 2 aromatic heterocycles. The van der Waals surface area contributed by atoms with E-state index >= 15 is 0 Å². The largest absolute Gasteiger partial charge is 0.508 e. The molecule has 0 saturated carbocycles. The Morgan fingerprint density at radius 3 is 2.70 bits per heavy atom. The Labute approximate surface area is 250 Å². The van der Waals surface area contributed by atoms with E-state index in [0.29, 0.717) is 46.0 Å². The number of hydrogen-bond acceptors (Lipinski definition) is 8. The van der Waals surface area contributed by atoms with Crippen LogP contribution in [-0.4, -0.2) is 69.6 Å². The fourth-order valence-corrected chi connectivity index (χ4v) is 6.53. The number of benzene rings is 2. The number of hydrogen-bond donors (Lipinski definition) is 1. The Morgan fingerprint density at radius 1 is 1.19 bits per heavy atom. The van der Waals surface area contributed by atoms with Crippen molar-refractivity contribution in [3.05, 3.63) is 47.4 Å². The summed E-state index contributed by atoms with van der Waals surface area (Å²) in [4.78, 5) is 30.7. The molecule has 1 N–H and O–H groups in total. The van der Waals surface area contributed by atoms with E-state index in [-0.39, 0.29) is 23.2 Å². The lowest BCUT2D eigenvalue weighted by Crippen LogP contribution is -2.40. The van der Waals surface area contributed by atoms with Crippen molar-refractivity contribution in [1.29, 1.82) is 0 Å². The van der Waals surface area contributed by atoms with Crippen molar-refractivity contribution in [2.24, 2.45) is 5.92 Å². The summed E-state index contributed by atoms with van der Waals surface area (Å²) in [5.74, 6) is 3.49. The lowest BCUT2D eigenvalue weighted by atomic mass is 9.94. The van der Waals surface area contributed by atoms with E-state index in [1.165, 1.54) is 12.5 Å². The van der Waals surface area contributed by atoms with Gasteiger partial charge in [0.05, 0.1) is 28.7 Å². The minimum Gasteiger partial charge on any atom is -0.508 e. The second-order valence-electron chi connectivity index (χ2n) is 12.0. The Balaban J connectivity index is 1.47. The summed E-state index contributed by atoms with van der Waals surface area (Å²) < 4.78 is 21.3. The van der Waals surface area contributed by atoms with Crippen molar-refractivity contribution in [2.75, 3.05) is 37.6 Å². The van der Waals surface area contributed by atoms with Gasteiger partial charge in [0.25, 0.3) is 0 Å². The average molecular weight is 582 g/mol. The van der Waals surface area contributed by atoms with Crippen molar-refractivity contribution < 1.29 is 19.0 Å². The number of likely N-dealkylation sites (tertiary alicyclic amines) is 1. The van der Waals surface area contributed by atoms with Gasteiger partial charge in [0.1, 0.15) is 29.3 Å². The molecule has 4 heterocycles. The quantitative estimate of drug-likeness (QED) is 0.292. The topological polar surface area (TPSA) is 91.7 Å². The van der Waals surface area contributed by atoms with Crippen LogP contribution in [0.15, 0.2) is 30.5 Å². The second-order valence-corrected chi connectivity index (χ2v) is 12.0. The maximum atomic E-state index is 14.8. The van der Waals surface area contributed by atoms with Crippen LogP contribution in [0.5, 0.6) is 11.8 Å². The van der Waals surface area contributed by atoms with Gasteiger partial charge in [-0.2, -0.15) is 9.97 Å². The molecule has 0 bridgehead atoms. The van der Waals surface area contributed by atoms with Gasteiger partial charge >= 0.3 is 6.01 Å². The predicted octanol–water partition coefficient (Wildman–Crippen LogP) is 5.65. The van der Waals surface area contributed by atoms with Gasteiger partial charge in [-0.1, -0.05) is 18.9 Å². The molecule has 0 radical (unpaired) electrons. The highest BCUT2D eigenvalue weighted by Gasteiger charge is 2.26. The molecular weight excluding hydrogens is 545 g/mol. The number of aromatic nitrogens is 3. The maximum absolute atomic E-state index is 14.8. The molecule has 0 amide bonds. The first kappa shape index (κ1) is 28.8. The number of nitrogens with zero attached hydrogens (tertiary/aromatic N) is 5. The molecule has 2 aromatic carbocycles. The zero-order valence-corrected chi connectivity index (χ0v) is 24.9. The number of phenols is 1. The summed E-state index contributed by atoms with van der Waals surface area (Å²) in [6, 6.07) is 6.37. The van der Waals surface area contributed by atoms with E-state index in [4.69, 9.17) is 26.1 Å². The third kappa shape index (κ3) is 5.72. The molecule has 6 rings (SSSR count). The number of halogens is 1. The minimum atomic E-state index is -0.505. The number of aryl methyl sites for hydroxylation is 1. The number of terminal acetylenes is 1. The smallest absolute Gasteiger partial charge is 0.319 e. The minimum absolute atomic E-state index is 0.0317. The number of phenolic OH excluding ortho intramolecular Hbond substituents is 1. The molecule has 8 nitrogen and oxygen atoms in total. The van der Waals surface area contributed by atoms with Crippen LogP contribution in [0.2, 0.25) is 0 Å². The summed E-state index contributed by atoms with van der Waals surface area (Å²) in [6.07, 6.45) is 11.2. The summed E-state index contributed by atoms with van der Waals surface area (Å²) in [5, 5.41) is 12.5. The van der Waals surface area contributed by atoms with Gasteiger partial charge in [-0.3, -0.25) is 14.7 Å². The number of fused-ring (bicyclic) bond motifs is 2. The number of ether oxygens (including phenoxy) is 1. The Bertz CT molecular complexity index is 1760. The van der Waals surface area contributed by atoms with Crippen LogP contribution in [-0.2, 0) is 4.79 Å². The van der Waals surface area contributed by atoms with Gasteiger partial charge in [-0.15, -0.1) is 6.42 Å². The molecular formula is C34H36FN5O3. The monoisotopic (exact) mass is 581 g/mol. The number of carbonyl (C=O) groups is 1. The first-order valence-electron chi connectivity index (χ1n) is 14.9. The summed E-state index contributed by atoms with van der Waals surface area (Å²) in [6.45, 7) is 9.55. The van der Waals surface area contributed by atoms with E-state index < -0.39 is 5.82 Å². The number of rotatable bonds is 6. The molecule has 4 aromatic rings. The zero-order chi connectivity index (χ0) is 30.2. The van der Waals surface area contributed by atoms with Gasteiger partial charge in [0, 0.05) is 48.9 Å². The molecule has 0 spiro atoms. The lowest BCUT2D eigenvalue weighted by Gasteiger charge is -2.33. The molecule has 43 heavy (non-hydrogen) atoms. The molecule has 1 atom stereocenters. The SMILES string of the molecule is C#Cc1c(F)ccc2cc(O)cc(-c3ncc4c(N5CCCC(C)C5)nc(OC5CCN(CC(C)=O)CC5)nc4c3C)c12. The number of ketones is 1. The van der Waals surface area contributed by atoms with Gasteiger partial charge in [0.2, 0.25) is 0 Å². The lowest BCUT2D eigenvalue weighted by molar-refractivity contribution is -0.118. The molecule has 2 fully saturated rings. The van der Waals surface area contributed by atoms with Crippen molar-refractivity contribution >= 4 is 33.3 Å². The Kier molecular flexibility index (Phi) is 7.89. The van der Waals surface area contributed by atoms with Crippen LogP contribution >= 0.6 is 0 Å². The normalized spacial score (nSPS) is 18.2. The Hall–Kier alpha value is -4.29. The van der Waals surface area contributed by atoms with Gasteiger partial charge in [0.15, 0.2) is 0 Å². The summed E-state index contributed by atoms with van der Waals surface area (Å²) >= 11 is 0. The standard InChI is InChI=1S/C34H36FN5O3/c1-5-26-29(35)9-8-23-15-24(42)16-27(30(23)26)31-22(4)32-28(17-36-31)33(40-12-6-7-20(2)18-40)38-34(37-32)43-25-10-13-39(14-11-25)19-21(3)41/h1,8-9,15-17,20,25,42H,6-7,10-14,18-19H2,2-4H3. The highest BCUT2D eigenvalue weighted by Crippen LogP contribution is 2.39. The van der Waals surface area contributed by atoms with Crippen molar-refractivity contribution in [1.82, 2.24) is 19.9 Å². The highest BCUT2D eigenvalue weighted by molar-refractivity contribution is 6.04. The first-order valence-corrected chi connectivity index (χ1v) is 14.9. The maximum Gasteiger partial charge on any atom is 0.319 e. The number of piperidine rings is 2. The molecule has 2 aliphatic heterocycles. The number of aromatic hydroxyl groups is 1. The van der Waals surface area contributed by atoms with Crippen LogP contribution in [0, 0.1) is 31.0 Å². The van der Waals surface area contributed by atoms with Crippen LogP contribution in [0.1, 0.15) is 50.7 Å². The van der Waals surface area contributed by atoms with Gasteiger partial charge < -0.3 is 14.7 Å². The number of Topliss-reactive ketones (excluding diaryl/α,β-unsaturated/α-hetero) is 1. The van der Waals surface area contributed by atoms with Crippen LogP contribution in [0.4, 0.5) is 10.2 Å². The van der Waals surface area contributed by atoms with E-state index in [0.717, 1.165) is 62.2 Å². The zero-order valence-electron chi connectivity index (χ0n) is 24.9. The predicted molar refractivity (Wildman–Crippen MR) is 166 cm³/mol. The highest BCUT2D eigenvalue weighted by atomic mass is 19.1. The van der Waals surface area contributed by atoms with Crippen molar-refractivity contribution in [3.8, 4) is 35.4 Å². The molecule has 1 unspecified atom stereocenters. The number of carbonyl (C=O) groups excluding carboxylic acids is 1. The molecule has 222 valence electrons. The van der Waals surface area contributed by atoms with Crippen LogP contribution in [0.3, 0.4) is 0 Å². The van der Waals surface area contributed by atoms with Crippen molar-refractivity contribution in [3.63, 3.8) is 0 Å². The first-order chi connectivity index (χ1) is 20.7. The van der Waals surface area contributed by atoms with Crippen LogP contribution < -0.4 is 9.64 Å². The number of pyridine rings is 1. The molecule has 2 saturated heterocycles. The molecule has 0 aliphatic carbocycles. The third-order valence-corrected chi connectivity index (χ3v) is 8.60. The second kappa shape index (κ2) is 11.8. The van der Waals surface area contributed by atoms with Gasteiger partial charge in [-0.25, -0.2) is 4.39 Å². The fraction of sp³-hybridized carbons (Fsp3) is 0.412. The van der Waals surface area contributed by atoms with Crippen molar-refractivity contribution in [2.45, 2.75) is 52.6 Å². The molecule has 9 heteroatoms. The average Bonchev–Trinajstić information content (AvgIpc) is 2.98. The number of anilines is 1. The van der Waals surface area contributed by atoms with Gasteiger partial charge in [-0.05, 0) is 69.0 Å². The fourth-order valence-electron chi connectivity index (χ4n) is 6.53. The van der Waals surface area contributed by atoms with E-state index in [9.17, 15) is 14.3 Å². The van der Waals surface area contributed by atoms with Crippen LogP contribution in [0.25, 0.3) is 32.9 Å². The molecule has 2 aliphatic rings. The summed E-state index contributed by atoms with van der Waals surface area (Å²) in [7, 11) is 0. The third-order valence-electron chi connectivity index (χ3n) is 8.60. The van der Waals surface area contributed by atoms with E-state index in [1.807, 2.05) is 6.92 Å².